The molecular weight excluding hydrogens is 378 g/mol. The summed E-state index contributed by atoms with van der Waals surface area (Å²) in [6.07, 6.45) is 2.52. The van der Waals surface area contributed by atoms with Gasteiger partial charge in [0.05, 0.1) is 18.4 Å². The molecule has 2 N–H and O–H groups in total. The molecule has 1 aliphatic heterocycles. The molecular formula is C24H25N3O3. The lowest BCUT2D eigenvalue weighted by atomic mass is 10.1. The Morgan fingerprint density at radius 3 is 2.77 bits per heavy atom. The van der Waals surface area contributed by atoms with Gasteiger partial charge in [-0.1, -0.05) is 24.3 Å². The monoisotopic (exact) mass is 403 g/mol. The van der Waals surface area contributed by atoms with Crippen LogP contribution in [0, 0.1) is 0 Å². The number of fused-ring (bicyclic) bond motifs is 1. The molecule has 0 radical (unpaired) electrons. The van der Waals surface area contributed by atoms with Crippen LogP contribution in [0.25, 0.3) is 0 Å². The average molecular weight is 403 g/mol. The van der Waals surface area contributed by atoms with Gasteiger partial charge in [0.25, 0.3) is 11.8 Å². The molecule has 2 heterocycles. The van der Waals surface area contributed by atoms with E-state index < -0.39 is 0 Å². The van der Waals surface area contributed by atoms with E-state index in [1.165, 1.54) is 11.3 Å². The molecule has 154 valence electrons. The minimum absolute atomic E-state index is 0.167. The molecule has 6 nitrogen and oxygen atoms in total. The molecule has 1 unspecified atom stereocenters. The third-order valence-electron chi connectivity index (χ3n) is 5.37. The van der Waals surface area contributed by atoms with Crippen molar-refractivity contribution in [1.29, 1.82) is 0 Å². The molecule has 0 spiro atoms. The standard InChI is InChI=1S/C24H25N3O3/c1-3-25-23(28)18-8-6-9-19(14-18)26-24(29)20-11-12-30-22(20)15-27-16(2)13-17-7-4-5-10-21(17)27/h4-12,14,16H,3,13,15H2,1-2H3,(H,25,28)(H,26,29). The zero-order valence-corrected chi connectivity index (χ0v) is 17.1. The van der Waals surface area contributed by atoms with Crippen molar-refractivity contribution in [2.75, 3.05) is 16.8 Å². The van der Waals surface area contributed by atoms with Gasteiger partial charge in [-0.25, -0.2) is 0 Å². The van der Waals surface area contributed by atoms with Gasteiger partial charge >= 0.3 is 0 Å². The van der Waals surface area contributed by atoms with E-state index >= 15 is 0 Å². The Hall–Kier alpha value is -3.54. The van der Waals surface area contributed by atoms with Crippen molar-refractivity contribution in [3.8, 4) is 0 Å². The maximum Gasteiger partial charge on any atom is 0.259 e. The number of carbonyl (C=O) groups excluding carboxylic acids is 2. The molecule has 0 bridgehead atoms. The quantitative estimate of drug-likeness (QED) is 0.646. The van der Waals surface area contributed by atoms with E-state index in [1.54, 1.807) is 36.6 Å². The molecule has 0 aliphatic carbocycles. The number of hydrogen-bond donors (Lipinski definition) is 2. The van der Waals surface area contributed by atoms with Crippen LogP contribution in [0.5, 0.6) is 0 Å². The fourth-order valence-electron chi connectivity index (χ4n) is 3.89. The zero-order chi connectivity index (χ0) is 21.1. The van der Waals surface area contributed by atoms with Crippen LogP contribution in [-0.2, 0) is 13.0 Å². The number of anilines is 2. The fraction of sp³-hybridized carbons (Fsp3) is 0.250. The maximum atomic E-state index is 12.9. The molecule has 4 rings (SSSR count). The largest absolute Gasteiger partial charge is 0.467 e. The highest BCUT2D eigenvalue weighted by atomic mass is 16.3. The SMILES string of the molecule is CCNC(=O)c1cccc(NC(=O)c2ccoc2CN2c3ccccc3CC2C)c1. The van der Waals surface area contributed by atoms with Gasteiger partial charge in [0.15, 0.2) is 0 Å². The van der Waals surface area contributed by atoms with Gasteiger partial charge in [0.1, 0.15) is 5.76 Å². The lowest BCUT2D eigenvalue weighted by molar-refractivity contribution is 0.0954. The zero-order valence-electron chi connectivity index (χ0n) is 17.1. The Balaban J connectivity index is 1.51. The summed E-state index contributed by atoms with van der Waals surface area (Å²) in [5, 5.41) is 5.64. The lowest BCUT2D eigenvalue weighted by Crippen LogP contribution is -2.29. The number of rotatable bonds is 6. The molecule has 0 saturated heterocycles. The van der Waals surface area contributed by atoms with Crippen LogP contribution in [0.1, 0.15) is 45.9 Å². The van der Waals surface area contributed by atoms with Crippen molar-refractivity contribution in [2.45, 2.75) is 32.9 Å². The molecule has 2 aromatic carbocycles. The number of hydrogen-bond acceptors (Lipinski definition) is 4. The molecule has 2 amide bonds. The summed E-state index contributed by atoms with van der Waals surface area (Å²) in [5.41, 5.74) is 4.06. The number of amides is 2. The van der Waals surface area contributed by atoms with E-state index in [9.17, 15) is 9.59 Å². The van der Waals surface area contributed by atoms with E-state index in [2.05, 4.69) is 40.7 Å². The summed E-state index contributed by atoms with van der Waals surface area (Å²) >= 11 is 0. The first-order valence-corrected chi connectivity index (χ1v) is 10.2. The first-order chi connectivity index (χ1) is 14.6. The van der Waals surface area contributed by atoms with Crippen molar-refractivity contribution >= 4 is 23.2 Å². The highest BCUT2D eigenvalue weighted by Crippen LogP contribution is 2.33. The Morgan fingerprint density at radius 2 is 1.93 bits per heavy atom. The van der Waals surface area contributed by atoms with Crippen LogP contribution in [0.2, 0.25) is 0 Å². The number of nitrogens with zero attached hydrogens (tertiary/aromatic N) is 1. The van der Waals surface area contributed by atoms with Gasteiger partial charge < -0.3 is 20.0 Å². The molecule has 3 aromatic rings. The van der Waals surface area contributed by atoms with E-state index in [0.29, 0.717) is 41.7 Å². The van der Waals surface area contributed by atoms with Gasteiger partial charge in [-0.2, -0.15) is 0 Å². The summed E-state index contributed by atoms with van der Waals surface area (Å²) < 4.78 is 5.68. The molecule has 1 atom stereocenters. The molecule has 0 saturated carbocycles. The topological polar surface area (TPSA) is 74.6 Å². The summed E-state index contributed by atoms with van der Waals surface area (Å²) in [4.78, 5) is 27.2. The summed E-state index contributed by atoms with van der Waals surface area (Å²) in [5.74, 6) is 0.196. The Bertz CT molecular complexity index is 1070. The third-order valence-corrected chi connectivity index (χ3v) is 5.37. The van der Waals surface area contributed by atoms with E-state index in [4.69, 9.17) is 4.42 Å². The summed E-state index contributed by atoms with van der Waals surface area (Å²) in [6, 6.07) is 17.2. The molecule has 1 aliphatic rings. The molecule has 30 heavy (non-hydrogen) atoms. The number of nitrogens with one attached hydrogen (secondary N) is 2. The predicted octanol–water partition coefficient (Wildman–Crippen LogP) is 4.23. The van der Waals surface area contributed by atoms with Crippen LogP contribution < -0.4 is 15.5 Å². The fourth-order valence-corrected chi connectivity index (χ4v) is 3.89. The second-order valence-corrected chi connectivity index (χ2v) is 7.46. The maximum absolute atomic E-state index is 12.9. The number of para-hydroxylation sites is 1. The second kappa shape index (κ2) is 8.45. The van der Waals surface area contributed by atoms with Crippen molar-refractivity contribution in [2.24, 2.45) is 0 Å². The normalized spacial score (nSPS) is 15.0. The average Bonchev–Trinajstić information content (AvgIpc) is 3.33. The van der Waals surface area contributed by atoms with E-state index in [1.807, 2.05) is 13.0 Å². The van der Waals surface area contributed by atoms with Gasteiger partial charge in [0, 0.05) is 29.5 Å². The highest BCUT2D eigenvalue weighted by molar-refractivity contribution is 6.05. The minimum Gasteiger partial charge on any atom is -0.467 e. The number of furan rings is 1. The second-order valence-electron chi connectivity index (χ2n) is 7.46. The summed E-state index contributed by atoms with van der Waals surface area (Å²) in [6.45, 7) is 5.11. The van der Waals surface area contributed by atoms with Gasteiger partial charge in [-0.15, -0.1) is 0 Å². The van der Waals surface area contributed by atoms with Gasteiger partial charge in [-0.05, 0) is 56.2 Å². The third kappa shape index (κ3) is 3.94. The van der Waals surface area contributed by atoms with Crippen molar-refractivity contribution in [3.05, 3.63) is 83.3 Å². The van der Waals surface area contributed by atoms with Crippen LogP contribution >= 0.6 is 0 Å². The van der Waals surface area contributed by atoms with Crippen molar-refractivity contribution < 1.29 is 14.0 Å². The van der Waals surface area contributed by atoms with Crippen LogP contribution in [0.3, 0.4) is 0 Å². The van der Waals surface area contributed by atoms with Crippen LogP contribution in [0.15, 0.2) is 65.3 Å². The Labute approximate surface area is 175 Å². The Kier molecular flexibility index (Phi) is 5.57. The molecule has 1 aromatic heterocycles. The van der Waals surface area contributed by atoms with Gasteiger partial charge in [-0.3, -0.25) is 9.59 Å². The first kappa shape index (κ1) is 19.8. The summed E-state index contributed by atoms with van der Waals surface area (Å²) in [7, 11) is 0. The Morgan fingerprint density at radius 1 is 1.10 bits per heavy atom. The molecule has 0 fully saturated rings. The predicted molar refractivity (Wildman–Crippen MR) is 117 cm³/mol. The van der Waals surface area contributed by atoms with Crippen molar-refractivity contribution in [3.63, 3.8) is 0 Å². The minimum atomic E-state index is -0.257. The highest BCUT2D eigenvalue weighted by Gasteiger charge is 2.28. The van der Waals surface area contributed by atoms with Crippen LogP contribution in [0.4, 0.5) is 11.4 Å². The van der Waals surface area contributed by atoms with Crippen LogP contribution in [-0.4, -0.2) is 24.4 Å². The van der Waals surface area contributed by atoms with E-state index in [-0.39, 0.29) is 11.8 Å². The van der Waals surface area contributed by atoms with Crippen molar-refractivity contribution in [1.82, 2.24) is 5.32 Å². The first-order valence-electron chi connectivity index (χ1n) is 10.2. The number of benzene rings is 2. The van der Waals surface area contributed by atoms with E-state index in [0.717, 1.165) is 6.42 Å². The lowest BCUT2D eigenvalue weighted by Gasteiger charge is -2.24. The number of carbonyl (C=O) groups is 2. The smallest absolute Gasteiger partial charge is 0.259 e. The molecule has 6 heteroatoms. The van der Waals surface area contributed by atoms with Gasteiger partial charge in [0.2, 0.25) is 0 Å².